The maximum atomic E-state index is 5.65. The number of guanidine groups is 1. The molecule has 1 aromatic carbocycles. The Labute approximate surface area is 128 Å². The van der Waals surface area contributed by atoms with Crippen LogP contribution in [0.5, 0.6) is 5.75 Å². The third-order valence-electron chi connectivity index (χ3n) is 3.03. The first-order valence-corrected chi connectivity index (χ1v) is 7.57. The van der Waals surface area contributed by atoms with Gasteiger partial charge in [-0.05, 0) is 30.5 Å². The average molecular weight is 289 g/mol. The molecular weight excluding hydrogens is 262 g/mol. The summed E-state index contributed by atoms with van der Waals surface area (Å²) in [7, 11) is 1.76. The molecule has 116 valence electrons. The number of rotatable bonds is 9. The van der Waals surface area contributed by atoms with Crippen molar-refractivity contribution in [2.24, 2.45) is 4.99 Å². The Morgan fingerprint density at radius 1 is 1.29 bits per heavy atom. The topological polar surface area (TPSA) is 45.7 Å². The lowest BCUT2D eigenvalue weighted by Gasteiger charge is -2.10. The molecule has 4 nitrogen and oxygen atoms in total. The van der Waals surface area contributed by atoms with E-state index < -0.39 is 0 Å². The van der Waals surface area contributed by atoms with Gasteiger partial charge >= 0.3 is 0 Å². The highest BCUT2D eigenvalue weighted by Gasteiger charge is 1.98. The van der Waals surface area contributed by atoms with Gasteiger partial charge in [0, 0.05) is 20.1 Å². The summed E-state index contributed by atoms with van der Waals surface area (Å²) in [6.07, 6.45) is 5.02. The fourth-order valence-electron chi connectivity index (χ4n) is 1.80. The van der Waals surface area contributed by atoms with Crippen LogP contribution < -0.4 is 15.4 Å². The molecule has 0 saturated heterocycles. The van der Waals surface area contributed by atoms with Crippen LogP contribution in [0.25, 0.3) is 0 Å². The van der Waals surface area contributed by atoms with E-state index in [0.29, 0.717) is 6.54 Å². The summed E-state index contributed by atoms with van der Waals surface area (Å²) in [5.41, 5.74) is 1.28. The van der Waals surface area contributed by atoms with Crippen molar-refractivity contribution >= 4 is 5.96 Å². The number of benzene rings is 1. The van der Waals surface area contributed by atoms with Gasteiger partial charge in [-0.3, -0.25) is 4.99 Å². The summed E-state index contributed by atoms with van der Waals surface area (Å²) in [5.74, 6) is 1.75. The van der Waals surface area contributed by atoms with Gasteiger partial charge in [0.25, 0.3) is 0 Å². The van der Waals surface area contributed by atoms with Gasteiger partial charge in [-0.1, -0.05) is 31.6 Å². The van der Waals surface area contributed by atoms with E-state index >= 15 is 0 Å². The standard InChI is InChI=1S/C17H27N3O/c1-4-6-14-21-16-9-7-15(8-10-16)11-13-20-17(18-3)19-12-5-2/h5,7-10H,2,4,6,11-14H2,1,3H3,(H2,18,19,20). The minimum Gasteiger partial charge on any atom is -0.494 e. The molecule has 1 rings (SSSR count). The maximum absolute atomic E-state index is 5.65. The number of hydrogen-bond donors (Lipinski definition) is 2. The highest BCUT2D eigenvalue weighted by Crippen LogP contribution is 2.12. The third kappa shape index (κ3) is 7.40. The van der Waals surface area contributed by atoms with Crippen LogP contribution in [0.3, 0.4) is 0 Å². The van der Waals surface area contributed by atoms with E-state index in [9.17, 15) is 0 Å². The molecule has 0 unspecified atom stereocenters. The summed E-state index contributed by atoms with van der Waals surface area (Å²) < 4.78 is 5.65. The average Bonchev–Trinajstić information content (AvgIpc) is 2.52. The Hall–Kier alpha value is -1.97. The molecule has 0 aliphatic heterocycles. The summed E-state index contributed by atoms with van der Waals surface area (Å²) in [6.45, 7) is 8.18. The number of hydrogen-bond acceptors (Lipinski definition) is 2. The molecule has 0 aromatic heterocycles. The summed E-state index contributed by atoms with van der Waals surface area (Å²) in [6, 6.07) is 8.30. The molecule has 0 spiro atoms. The van der Waals surface area contributed by atoms with E-state index in [-0.39, 0.29) is 0 Å². The van der Waals surface area contributed by atoms with Gasteiger partial charge in [0.1, 0.15) is 5.75 Å². The zero-order valence-corrected chi connectivity index (χ0v) is 13.2. The van der Waals surface area contributed by atoms with Gasteiger partial charge < -0.3 is 15.4 Å². The molecule has 0 heterocycles. The quantitative estimate of drug-likeness (QED) is 0.318. The van der Waals surface area contributed by atoms with Crippen molar-refractivity contribution < 1.29 is 4.74 Å². The van der Waals surface area contributed by atoms with Crippen molar-refractivity contribution in [2.75, 3.05) is 26.7 Å². The van der Waals surface area contributed by atoms with Crippen molar-refractivity contribution in [1.82, 2.24) is 10.6 Å². The lowest BCUT2D eigenvalue weighted by Crippen LogP contribution is -2.38. The predicted octanol–water partition coefficient (Wildman–Crippen LogP) is 2.76. The van der Waals surface area contributed by atoms with Crippen LogP contribution in [0.1, 0.15) is 25.3 Å². The lowest BCUT2D eigenvalue weighted by molar-refractivity contribution is 0.309. The van der Waals surface area contributed by atoms with Gasteiger partial charge in [0.05, 0.1) is 6.61 Å². The normalized spacial score (nSPS) is 11.0. The van der Waals surface area contributed by atoms with Crippen LogP contribution in [0.2, 0.25) is 0 Å². The Bertz CT molecular complexity index is 426. The van der Waals surface area contributed by atoms with Crippen LogP contribution >= 0.6 is 0 Å². The van der Waals surface area contributed by atoms with Crippen molar-refractivity contribution in [3.05, 3.63) is 42.5 Å². The molecule has 0 saturated carbocycles. The minimum atomic E-state index is 0.712. The highest BCUT2D eigenvalue weighted by molar-refractivity contribution is 5.79. The minimum absolute atomic E-state index is 0.712. The van der Waals surface area contributed by atoms with Crippen LogP contribution in [-0.4, -0.2) is 32.7 Å². The van der Waals surface area contributed by atoms with Crippen LogP contribution in [0, 0.1) is 0 Å². The van der Waals surface area contributed by atoms with Gasteiger partial charge in [-0.15, -0.1) is 6.58 Å². The van der Waals surface area contributed by atoms with Gasteiger partial charge in [0.2, 0.25) is 0 Å². The van der Waals surface area contributed by atoms with Crippen molar-refractivity contribution in [1.29, 1.82) is 0 Å². The van der Waals surface area contributed by atoms with Gasteiger partial charge in [0.15, 0.2) is 5.96 Å². The zero-order chi connectivity index (χ0) is 15.3. The van der Waals surface area contributed by atoms with Crippen LogP contribution in [0.4, 0.5) is 0 Å². The van der Waals surface area contributed by atoms with E-state index in [2.05, 4.69) is 41.3 Å². The summed E-state index contributed by atoms with van der Waals surface area (Å²) in [5, 5.41) is 6.41. The molecule has 2 N–H and O–H groups in total. The van der Waals surface area contributed by atoms with Crippen molar-refractivity contribution in [3.8, 4) is 5.75 Å². The molecule has 0 bridgehead atoms. The zero-order valence-electron chi connectivity index (χ0n) is 13.2. The van der Waals surface area contributed by atoms with Gasteiger partial charge in [-0.25, -0.2) is 0 Å². The lowest BCUT2D eigenvalue weighted by atomic mass is 10.1. The molecule has 0 radical (unpaired) electrons. The molecule has 0 aliphatic rings. The van der Waals surface area contributed by atoms with Crippen LogP contribution in [0.15, 0.2) is 41.9 Å². The van der Waals surface area contributed by atoms with E-state index in [4.69, 9.17) is 4.74 Å². The van der Waals surface area contributed by atoms with E-state index in [1.807, 2.05) is 18.2 Å². The van der Waals surface area contributed by atoms with Crippen molar-refractivity contribution in [3.63, 3.8) is 0 Å². The molecule has 1 aromatic rings. The Kier molecular flexibility index (Phi) is 8.76. The fourth-order valence-corrected chi connectivity index (χ4v) is 1.80. The first-order valence-electron chi connectivity index (χ1n) is 7.57. The van der Waals surface area contributed by atoms with Gasteiger partial charge in [-0.2, -0.15) is 0 Å². The molecule has 21 heavy (non-hydrogen) atoms. The highest BCUT2D eigenvalue weighted by atomic mass is 16.5. The predicted molar refractivity (Wildman–Crippen MR) is 90.1 cm³/mol. The Morgan fingerprint density at radius 2 is 2.05 bits per heavy atom. The Balaban J connectivity index is 2.30. The summed E-state index contributed by atoms with van der Waals surface area (Å²) >= 11 is 0. The maximum Gasteiger partial charge on any atom is 0.191 e. The number of ether oxygens (including phenoxy) is 1. The largest absolute Gasteiger partial charge is 0.494 e. The number of nitrogens with zero attached hydrogens (tertiary/aromatic N) is 1. The van der Waals surface area contributed by atoms with E-state index in [1.165, 1.54) is 5.56 Å². The second-order valence-electron chi connectivity index (χ2n) is 4.76. The Morgan fingerprint density at radius 3 is 2.67 bits per heavy atom. The first kappa shape index (κ1) is 17.1. The third-order valence-corrected chi connectivity index (χ3v) is 3.03. The second-order valence-corrected chi connectivity index (χ2v) is 4.76. The molecular formula is C17H27N3O. The van der Waals surface area contributed by atoms with E-state index in [0.717, 1.165) is 44.1 Å². The monoisotopic (exact) mass is 289 g/mol. The molecule has 4 heteroatoms. The SMILES string of the molecule is C=CCNC(=NC)NCCc1ccc(OCCCC)cc1. The molecule has 0 fully saturated rings. The molecule has 0 aliphatic carbocycles. The number of unbranched alkanes of at least 4 members (excludes halogenated alkanes) is 1. The van der Waals surface area contributed by atoms with Crippen molar-refractivity contribution in [2.45, 2.75) is 26.2 Å². The second kappa shape index (κ2) is 10.8. The smallest absolute Gasteiger partial charge is 0.191 e. The number of nitrogens with one attached hydrogen (secondary N) is 2. The summed E-state index contributed by atoms with van der Waals surface area (Å²) in [4.78, 5) is 4.14. The number of aliphatic imine (C=N–C) groups is 1. The van der Waals surface area contributed by atoms with Crippen LogP contribution in [-0.2, 0) is 6.42 Å². The fraction of sp³-hybridized carbons (Fsp3) is 0.471. The van der Waals surface area contributed by atoms with E-state index in [1.54, 1.807) is 7.05 Å². The molecule has 0 atom stereocenters. The first-order chi connectivity index (χ1) is 10.3. The molecule has 0 amide bonds.